The third kappa shape index (κ3) is 3.73. The highest BCUT2D eigenvalue weighted by Crippen LogP contribution is 2.16. The molecule has 2 aromatic rings. The van der Waals surface area contributed by atoms with Gasteiger partial charge in [0, 0.05) is 32.6 Å². The number of hydrogen-bond acceptors (Lipinski definition) is 5. The molecular weight excluding hydrogens is 326 g/mol. The molecule has 0 amide bonds. The van der Waals surface area contributed by atoms with Crippen molar-refractivity contribution in [1.82, 2.24) is 14.7 Å². The smallest absolute Gasteiger partial charge is 0.266 e. The fourth-order valence-electron chi connectivity index (χ4n) is 2.97. The highest BCUT2D eigenvalue weighted by atomic mass is 32.2. The molecule has 1 aromatic heterocycles. The van der Waals surface area contributed by atoms with Gasteiger partial charge >= 0.3 is 0 Å². The van der Waals surface area contributed by atoms with Crippen LogP contribution in [0.1, 0.15) is 17.7 Å². The predicted molar refractivity (Wildman–Crippen MR) is 91.6 cm³/mol. The Morgan fingerprint density at radius 3 is 2.71 bits per heavy atom. The zero-order valence-electron chi connectivity index (χ0n) is 13.7. The minimum absolute atomic E-state index is 0.109. The van der Waals surface area contributed by atoms with Crippen molar-refractivity contribution in [3.8, 4) is 0 Å². The van der Waals surface area contributed by atoms with E-state index in [1.807, 2.05) is 6.07 Å². The molecule has 0 unspecified atom stereocenters. The van der Waals surface area contributed by atoms with Crippen LogP contribution in [0.25, 0.3) is 0 Å². The molecule has 0 aliphatic carbocycles. The summed E-state index contributed by atoms with van der Waals surface area (Å²) in [5, 5.41) is 4.29. The summed E-state index contributed by atoms with van der Waals surface area (Å²) in [4.78, 5) is 14.3. The molecule has 0 spiro atoms. The van der Waals surface area contributed by atoms with Crippen LogP contribution in [-0.2, 0) is 29.9 Å². The number of benzene rings is 1. The summed E-state index contributed by atoms with van der Waals surface area (Å²) in [6, 6.07) is 10.2. The number of sulfone groups is 1. The number of fused-ring (bicyclic) bond motifs is 1. The maximum atomic E-state index is 12.3. The molecule has 0 fully saturated rings. The van der Waals surface area contributed by atoms with Crippen LogP contribution in [0, 0.1) is 0 Å². The van der Waals surface area contributed by atoms with Crippen LogP contribution in [0.4, 0.5) is 0 Å². The zero-order valence-corrected chi connectivity index (χ0v) is 14.5. The summed E-state index contributed by atoms with van der Waals surface area (Å²) >= 11 is 0. The molecule has 128 valence electrons. The summed E-state index contributed by atoms with van der Waals surface area (Å²) < 4.78 is 25.9. The highest BCUT2D eigenvalue weighted by Gasteiger charge is 2.20. The maximum Gasteiger partial charge on any atom is 0.266 e. The van der Waals surface area contributed by atoms with E-state index < -0.39 is 9.84 Å². The van der Waals surface area contributed by atoms with Gasteiger partial charge in [-0.1, -0.05) is 18.2 Å². The fourth-order valence-corrected chi connectivity index (χ4v) is 4.28. The van der Waals surface area contributed by atoms with Crippen molar-refractivity contribution in [2.24, 2.45) is 7.05 Å². The Bertz CT molecular complexity index is 876. The molecule has 1 aromatic carbocycles. The SMILES string of the molecule is Cn1nc2c(cc1=O)CN(CCCS(=O)(=O)c1ccccc1)CC2. The topological polar surface area (TPSA) is 72.3 Å². The van der Waals surface area contributed by atoms with E-state index in [1.165, 1.54) is 4.68 Å². The van der Waals surface area contributed by atoms with Crippen molar-refractivity contribution in [2.75, 3.05) is 18.8 Å². The highest BCUT2D eigenvalue weighted by molar-refractivity contribution is 7.91. The van der Waals surface area contributed by atoms with E-state index in [0.717, 1.165) is 24.2 Å². The van der Waals surface area contributed by atoms with E-state index >= 15 is 0 Å². The average molecular weight is 347 g/mol. The van der Waals surface area contributed by atoms with Gasteiger partial charge in [0.15, 0.2) is 9.84 Å². The van der Waals surface area contributed by atoms with Gasteiger partial charge in [-0.15, -0.1) is 0 Å². The molecule has 1 aliphatic rings. The minimum atomic E-state index is -3.23. The lowest BCUT2D eigenvalue weighted by atomic mass is 10.1. The van der Waals surface area contributed by atoms with Crippen molar-refractivity contribution >= 4 is 9.84 Å². The van der Waals surface area contributed by atoms with Gasteiger partial charge in [-0.05, 0) is 30.7 Å². The molecule has 0 bridgehead atoms. The number of aromatic nitrogens is 2. The minimum Gasteiger partial charge on any atom is -0.299 e. The monoisotopic (exact) mass is 347 g/mol. The summed E-state index contributed by atoms with van der Waals surface area (Å²) in [6.45, 7) is 2.19. The van der Waals surface area contributed by atoms with Crippen LogP contribution in [0.2, 0.25) is 0 Å². The van der Waals surface area contributed by atoms with E-state index in [2.05, 4.69) is 10.00 Å². The van der Waals surface area contributed by atoms with Gasteiger partial charge < -0.3 is 0 Å². The van der Waals surface area contributed by atoms with Gasteiger partial charge in [0.2, 0.25) is 0 Å². The van der Waals surface area contributed by atoms with E-state index in [0.29, 0.717) is 24.4 Å². The van der Waals surface area contributed by atoms with E-state index in [1.54, 1.807) is 37.4 Å². The molecule has 24 heavy (non-hydrogen) atoms. The molecule has 3 rings (SSSR count). The van der Waals surface area contributed by atoms with E-state index in [9.17, 15) is 13.2 Å². The van der Waals surface area contributed by atoms with Crippen LogP contribution >= 0.6 is 0 Å². The summed E-state index contributed by atoms with van der Waals surface area (Å²) in [5.74, 6) is 0.134. The summed E-state index contributed by atoms with van der Waals surface area (Å²) in [7, 11) is -1.57. The lowest BCUT2D eigenvalue weighted by Gasteiger charge is -2.27. The van der Waals surface area contributed by atoms with Crippen LogP contribution in [0.15, 0.2) is 46.1 Å². The van der Waals surface area contributed by atoms with Crippen LogP contribution in [0.3, 0.4) is 0 Å². The first-order valence-electron chi connectivity index (χ1n) is 8.02. The van der Waals surface area contributed by atoms with Crippen LogP contribution < -0.4 is 5.56 Å². The first-order chi connectivity index (χ1) is 11.5. The first kappa shape index (κ1) is 16.9. The Morgan fingerprint density at radius 1 is 1.21 bits per heavy atom. The Hall–Kier alpha value is -1.99. The second-order valence-corrected chi connectivity index (χ2v) is 8.20. The lowest BCUT2D eigenvalue weighted by Crippen LogP contribution is -2.35. The van der Waals surface area contributed by atoms with Crippen molar-refractivity contribution < 1.29 is 8.42 Å². The molecule has 7 heteroatoms. The van der Waals surface area contributed by atoms with Gasteiger partial charge in [0.25, 0.3) is 5.56 Å². The second kappa shape index (κ2) is 6.86. The molecule has 0 atom stereocenters. The Labute approximate surface area is 141 Å². The third-order valence-corrected chi connectivity index (χ3v) is 6.12. The van der Waals surface area contributed by atoms with Gasteiger partial charge in [-0.25, -0.2) is 13.1 Å². The van der Waals surface area contributed by atoms with Crippen molar-refractivity contribution in [3.05, 3.63) is 58.0 Å². The molecule has 0 N–H and O–H groups in total. The molecule has 1 aliphatic heterocycles. The predicted octanol–water partition coefficient (Wildman–Crippen LogP) is 1.00. The maximum absolute atomic E-state index is 12.3. The van der Waals surface area contributed by atoms with Gasteiger partial charge in [0.1, 0.15) is 0 Å². The number of rotatable bonds is 5. The van der Waals surface area contributed by atoms with Gasteiger partial charge in [-0.3, -0.25) is 9.69 Å². The average Bonchev–Trinajstić information content (AvgIpc) is 2.57. The van der Waals surface area contributed by atoms with E-state index in [-0.39, 0.29) is 11.3 Å². The van der Waals surface area contributed by atoms with Crippen molar-refractivity contribution in [3.63, 3.8) is 0 Å². The molecule has 0 saturated heterocycles. The molecule has 6 nitrogen and oxygen atoms in total. The van der Waals surface area contributed by atoms with Crippen molar-refractivity contribution in [2.45, 2.75) is 24.3 Å². The first-order valence-corrected chi connectivity index (χ1v) is 9.67. The van der Waals surface area contributed by atoms with E-state index in [4.69, 9.17) is 0 Å². The number of aryl methyl sites for hydroxylation is 1. The Morgan fingerprint density at radius 2 is 1.96 bits per heavy atom. The largest absolute Gasteiger partial charge is 0.299 e. The standard InChI is InChI=1S/C17H21N3O3S/c1-19-17(21)12-14-13-20(10-8-16(14)18-19)9-5-11-24(22,23)15-6-3-2-4-7-15/h2-4,6-7,12H,5,8-11,13H2,1H3. The fraction of sp³-hybridized carbons (Fsp3) is 0.412. The van der Waals surface area contributed by atoms with Gasteiger partial charge in [0.05, 0.1) is 16.3 Å². The molecule has 0 saturated carbocycles. The summed E-state index contributed by atoms with van der Waals surface area (Å²) in [6.07, 6.45) is 1.36. The molecule has 0 radical (unpaired) electrons. The summed E-state index contributed by atoms with van der Waals surface area (Å²) in [5.41, 5.74) is 1.81. The number of nitrogens with zero attached hydrogens (tertiary/aromatic N) is 3. The Kier molecular flexibility index (Phi) is 4.82. The van der Waals surface area contributed by atoms with Gasteiger partial charge in [-0.2, -0.15) is 5.10 Å². The Balaban J connectivity index is 1.58. The van der Waals surface area contributed by atoms with Crippen LogP contribution in [-0.4, -0.2) is 41.9 Å². The quantitative estimate of drug-likeness (QED) is 0.807. The molecule has 2 heterocycles. The number of hydrogen-bond donors (Lipinski definition) is 0. The normalized spacial score (nSPS) is 15.2. The lowest BCUT2D eigenvalue weighted by molar-refractivity contribution is 0.250. The van der Waals surface area contributed by atoms with Crippen LogP contribution in [0.5, 0.6) is 0 Å². The third-order valence-electron chi connectivity index (χ3n) is 4.31. The van der Waals surface area contributed by atoms with Crippen molar-refractivity contribution in [1.29, 1.82) is 0 Å². The zero-order chi connectivity index (χ0) is 17.2. The molecular formula is C17H21N3O3S. The second-order valence-electron chi connectivity index (χ2n) is 6.09.